The summed E-state index contributed by atoms with van der Waals surface area (Å²) in [7, 11) is 0. The third-order valence-corrected chi connectivity index (χ3v) is 7.65. The molecule has 3 aliphatic carbocycles. The number of hydrogen-bond acceptors (Lipinski definition) is 4. The first-order chi connectivity index (χ1) is 15.2. The van der Waals surface area contributed by atoms with Gasteiger partial charge in [0.05, 0.1) is 28.6 Å². The SMILES string of the molecule is O=C1C2C(C(=O)N1N=Cc1ccc(-c3cc(C(F)(F)F)ccc3Cl)o1)C1C=CC2C12CC2. The molecule has 1 saturated heterocycles. The van der Waals surface area contributed by atoms with Crippen LogP contribution < -0.4 is 0 Å². The number of halogens is 4. The summed E-state index contributed by atoms with van der Waals surface area (Å²) in [4.78, 5) is 25.9. The molecule has 2 saturated carbocycles. The highest BCUT2D eigenvalue weighted by Crippen LogP contribution is 2.73. The zero-order valence-corrected chi connectivity index (χ0v) is 17.2. The van der Waals surface area contributed by atoms with Crippen molar-refractivity contribution in [1.29, 1.82) is 0 Å². The number of carbonyl (C=O) groups is 2. The van der Waals surface area contributed by atoms with Gasteiger partial charge >= 0.3 is 6.18 Å². The highest BCUT2D eigenvalue weighted by Gasteiger charge is 2.73. The number of allylic oxidation sites excluding steroid dienone is 2. The molecule has 2 aromatic rings. The van der Waals surface area contributed by atoms with Gasteiger partial charge in [0.15, 0.2) is 0 Å². The highest BCUT2D eigenvalue weighted by molar-refractivity contribution is 6.33. The number of alkyl halides is 3. The van der Waals surface area contributed by atoms with Crippen molar-refractivity contribution in [2.24, 2.45) is 34.2 Å². The van der Waals surface area contributed by atoms with E-state index in [0.717, 1.165) is 36.0 Å². The molecule has 3 fully saturated rings. The third kappa shape index (κ3) is 2.62. The quantitative estimate of drug-likeness (QED) is 0.361. The molecule has 5 nitrogen and oxygen atoms in total. The maximum Gasteiger partial charge on any atom is 0.416 e. The molecule has 32 heavy (non-hydrogen) atoms. The molecule has 1 aromatic carbocycles. The van der Waals surface area contributed by atoms with Crippen molar-refractivity contribution in [3.63, 3.8) is 0 Å². The predicted octanol–water partition coefficient (Wildman–Crippen LogP) is 5.15. The van der Waals surface area contributed by atoms with Crippen LogP contribution in [0, 0.1) is 29.1 Å². The molecule has 2 bridgehead atoms. The van der Waals surface area contributed by atoms with E-state index < -0.39 is 11.7 Å². The Kier molecular flexibility index (Phi) is 3.92. The van der Waals surface area contributed by atoms with Crippen molar-refractivity contribution < 1.29 is 27.2 Å². The maximum atomic E-state index is 13.0. The molecule has 1 aliphatic heterocycles. The van der Waals surface area contributed by atoms with Crippen molar-refractivity contribution in [2.45, 2.75) is 19.0 Å². The molecular formula is C23H16ClF3N2O3. The number of hydrogen-bond donors (Lipinski definition) is 0. The Morgan fingerprint density at radius 2 is 1.72 bits per heavy atom. The minimum atomic E-state index is -4.52. The molecule has 6 rings (SSSR count). The largest absolute Gasteiger partial charge is 0.455 e. The molecule has 4 unspecified atom stereocenters. The van der Waals surface area contributed by atoms with E-state index in [1.54, 1.807) is 0 Å². The zero-order chi connectivity index (χ0) is 22.4. The number of amides is 2. The number of benzene rings is 1. The fraction of sp³-hybridized carbons (Fsp3) is 0.348. The van der Waals surface area contributed by atoms with Gasteiger partial charge in [0.2, 0.25) is 0 Å². The topological polar surface area (TPSA) is 62.9 Å². The average Bonchev–Trinajstić information content (AvgIpc) is 3.03. The Balaban J connectivity index is 1.24. The summed E-state index contributed by atoms with van der Waals surface area (Å²) in [5.41, 5.74) is -0.655. The Hall–Kier alpha value is -2.87. The minimum Gasteiger partial charge on any atom is -0.455 e. The number of fused-ring (bicyclic) bond motifs is 3. The second-order valence-corrected chi connectivity index (χ2v) is 9.26. The molecule has 1 aromatic heterocycles. The Morgan fingerprint density at radius 3 is 2.31 bits per heavy atom. The lowest BCUT2D eigenvalue weighted by atomic mass is 9.85. The van der Waals surface area contributed by atoms with Crippen molar-refractivity contribution in [2.75, 3.05) is 0 Å². The van der Waals surface area contributed by atoms with Gasteiger partial charge in [-0.05, 0) is 60.4 Å². The predicted molar refractivity (Wildman–Crippen MR) is 108 cm³/mol. The number of furan rings is 1. The zero-order valence-electron chi connectivity index (χ0n) is 16.5. The van der Waals surface area contributed by atoms with E-state index in [2.05, 4.69) is 17.3 Å². The lowest BCUT2D eigenvalue weighted by Crippen LogP contribution is -2.30. The number of nitrogens with zero attached hydrogens (tertiary/aromatic N) is 2. The Morgan fingerprint density at radius 1 is 1.06 bits per heavy atom. The normalized spacial score (nSPS) is 29.7. The molecule has 4 atom stereocenters. The molecule has 9 heteroatoms. The van der Waals surface area contributed by atoms with Gasteiger partial charge in [-0.25, -0.2) is 0 Å². The summed E-state index contributed by atoms with van der Waals surface area (Å²) in [5, 5.41) is 5.08. The van der Waals surface area contributed by atoms with E-state index in [9.17, 15) is 22.8 Å². The smallest absolute Gasteiger partial charge is 0.416 e. The van der Waals surface area contributed by atoms with E-state index in [0.29, 0.717) is 0 Å². The molecule has 0 N–H and O–H groups in total. The molecule has 0 radical (unpaired) electrons. The number of hydrazone groups is 1. The van der Waals surface area contributed by atoms with Gasteiger partial charge in [-0.2, -0.15) is 23.3 Å². The number of rotatable bonds is 3. The lowest BCUT2D eigenvalue weighted by molar-refractivity contribution is -0.141. The van der Waals surface area contributed by atoms with Gasteiger partial charge in [0.1, 0.15) is 11.5 Å². The average molecular weight is 461 g/mol. The van der Waals surface area contributed by atoms with E-state index in [4.69, 9.17) is 16.0 Å². The minimum absolute atomic E-state index is 0.0846. The summed E-state index contributed by atoms with van der Waals surface area (Å²) >= 11 is 6.06. The summed E-state index contributed by atoms with van der Waals surface area (Å²) in [6.07, 6.45) is 2.98. The van der Waals surface area contributed by atoms with Gasteiger partial charge in [0, 0.05) is 5.56 Å². The van der Waals surface area contributed by atoms with Crippen LogP contribution in [0.3, 0.4) is 0 Å². The highest BCUT2D eigenvalue weighted by atomic mass is 35.5. The second kappa shape index (κ2) is 6.34. The number of imide groups is 1. The van der Waals surface area contributed by atoms with Crippen molar-refractivity contribution in [3.05, 3.63) is 58.8 Å². The van der Waals surface area contributed by atoms with Crippen LogP contribution in [0.4, 0.5) is 13.2 Å². The van der Waals surface area contributed by atoms with Crippen molar-refractivity contribution in [3.8, 4) is 11.3 Å². The second-order valence-electron chi connectivity index (χ2n) is 8.85. The van der Waals surface area contributed by atoms with E-state index in [-0.39, 0.29) is 63.0 Å². The van der Waals surface area contributed by atoms with Crippen LogP contribution in [-0.4, -0.2) is 23.0 Å². The fourth-order valence-electron chi connectivity index (χ4n) is 5.75. The number of carbonyl (C=O) groups excluding carboxylic acids is 2. The summed E-state index contributed by atoms with van der Waals surface area (Å²) in [6, 6.07) is 5.92. The van der Waals surface area contributed by atoms with Crippen LogP contribution in [0.15, 0.2) is 52.0 Å². The van der Waals surface area contributed by atoms with Crippen LogP contribution >= 0.6 is 11.6 Å². The lowest BCUT2D eigenvalue weighted by Gasteiger charge is -2.18. The van der Waals surface area contributed by atoms with Crippen LogP contribution in [0.1, 0.15) is 24.2 Å². The molecular weight excluding hydrogens is 445 g/mol. The first kappa shape index (κ1) is 19.8. The summed E-state index contributed by atoms with van der Waals surface area (Å²) in [6.45, 7) is 0. The summed E-state index contributed by atoms with van der Waals surface area (Å²) in [5.74, 6) is -0.789. The van der Waals surface area contributed by atoms with Crippen LogP contribution in [0.25, 0.3) is 11.3 Å². The molecule has 2 heterocycles. The summed E-state index contributed by atoms with van der Waals surface area (Å²) < 4.78 is 44.7. The van der Waals surface area contributed by atoms with E-state index >= 15 is 0 Å². The third-order valence-electron chi connectivity index (χ3n) is 7.32. The van der Waals surface area contributed by atoms with Crippen molar-refractivity contribution >= 4 is 29.6 Å². The Bertz CT molecular complexity index is 1190. The van der Waals surface area contributed by atoms with Gasteiger partial charge in [-0.1, -0.05) is 23.8 Å². The first-order valence-electron chi connectivity index (χ1n) is 10.3. The first-order valence-corrected chi connectivity index (χ1v) is 10.7. The molecule has 2 amide bonds. The van der Waals surface area contributed by atoms with Crippen LogP contribution in [0.2, 0.25) is 5.02 Å². The molecule has 4 aliphatic rings. The molecule has 164 valence electrons. The van der Waals surface area contributed by atoms with E-state index in [1.807, 2.05) is 0 Å². The molecule has 1 spiro atoms. The van der Waals surface area contributed by atoms with Gasteiger partial charge in [0.25, 0.3) is 11.8 Å². The maximum absolute atomic E-state index is 13.0. The van der Waals surface area contributed by atoms with Crippen molar-refractivity contribution in [1.82, 2.24) is 5.01 Å². The Labute approximate surface area is 185 Å². The van der Waals surface area contributed by atoms with Crippen LogP contribution in [0.5, 0.6) is 0 Å². The van der Waals surface area contributed by atoms with Crippen LogP contribution in [-0.2, 0) is 15.8 Å². The standard InChI is InChI=1S/C23H16ClF3N2O3/c24-16-5-1-11(23(25,26)27)9-13(16)17-6-2-12(32-17)10-28-29-20(30)18-14-3-4-15(19(18)21(29)31)22(14)7-8-22/h1-6,9-10,14-15,18-19H,7-8H2. The van der Waals surface area contributed by atoms with Gasteiger partial charge in [-0.3, -0.25) is 9.59 Å². The van der Waals surface area contributed by atoms with Gasteiger partial charge in [-0.15, -0.1) is 0 Å². The fourth-order valence-corrected chi connectivity index (χ4v) is 5.96. The monoisotopic (exact) mass is 460 g/mol. The van der Waals surface area contributed by atoms with Gasteiger partial charge < -0.3 is 4.42 Å². The van der Waals surface area contributed by atoms with E-state index in [1.165, 1.54) is 18.3 Å².